The number of nitrogens with one attached hydrogen (secondary N) is 1. The van der Waals surface area contributed by atoms with E-state index in [1.165, 1.54) is 0 Å². The standard InChI is InChI=1S/C14H13ClN2OS/c1-19-13-5-3-2-4-12(13)17-14(18)10-7-6-9(16)8-11(10)15/h2-8H,16H2,1H3,(H,17,18). The van der Waals surface area contributed by atoms with Crippen molar-refractivity contribution in [3.63, 3.8) is 0 Å². The molecular weight excluding hydrogens is 280 g/mol. The second kappa shape index (κ2) is 5.99. The Morgan fingerprint density at radius 2 is 2.00 bits per heavy atom. The molecular formula is C14H13ClN2OS. The van der Waals surface area contributed by atoms with Crippen LogP contribution in [0.2, 0.25) is 5.02 Å². The summed E-state index contributed by atoms with van der Waals surface area (Å²) < 4.78 is 0. The molecule has 0 heterocycles. The molecule has 5 heteroatoms. The van der Waals surface area contributed by atoms with Crippen molar-refractivity contribution in [1.82, 2.24) is 0 Å². The van der Waals surface area contributed by atoms with E-state index < -0.39 is 0 Å². The summed E-state index contributed by atoms with van der Waals surface area (Å²) in [6, 6.07) is 12.4. The normalized spacial score (nSPS) is 10.2. The summed E-state index contributed by atoms with van der Waals surface area (Å²) in [6.07, 6.45) is 1.96. The van der Waals surface area contributed by atoms with Crippen LogP contribution in [0.4, 0.5) is 11.4 Å². The summed E-state index contributed by atoms with van der Waals surface area (Å²) in [5.41, 5.74) is 7.32. The number of nitrogens with two attached hydrogens (primary N) is 1. The number of amides is 1. The van der Waals surface area contributed by atoms with Gasteiger partial charge in [0.15, 0.2) is 0 Å². The Morgan fingerprint density at radius 1 is 1.26 bits per heavy atom. The number of carbonyl (C=O) groups excluding carboxylic acids is 1. The number of benzene rings is 2. The summed E-state index contributed by atoms with van der Waals surface area (Å²) in [6.45, 7) is 0. The molecule has 0 aliphatic rings. The predicted molar refractivity (Wildman–Crippen MR) is 82.0 cm³/mol. The zero-order valence-corrected chi connectivity index (χ0v) is 11.9. The summed E-state index contributed by atoms with van der Waals surface area (Å²) >= 11 is 7.59. The van der Waals surface area contributed by atoms with Gasteiger partial charge in [-0.2, -0.15) is 0 Å². The number of para-hydroxylation sites is 1. The maximum atomic E-state index is 12.2. The highest BCUT2D eigenvalue weighted by molar-refractivity contribution is 7.98. The second-order valence-corrected chi connectivity index (χ2v) is 5.15. The fourth-order valence-electron chi connectivity index (χ4n) is 1.65. The third-order valence-electron chi connectivity index (χ3n) is 2.59. The molecule has 0 radical (unpaired) electrons. The van der Waals surface area contributed by atoms with Crippen LogP contribution >= 0.6 is 23.4 Å². The number of hydrogen-bond donors (Lipinski definition) is 2. The third-order valence-corrected chi connectivity index (χ3v) is 3.70. The van der Waals surface area contributed by atoms with Crippen LogP contribution in [0.1, 0.15) is 10.4 Å². The molecule has 0 unspecified atom stereocenters. The second-order valence-electron chi connectivity index (χ2n) is 3.89. The van der Waals surface area contributed by atoms with Crippen LogP contribution in [0.5, 0.6) is 0 Å². The number of hydrogen-bond acceptors (Lipinski definition) is 3. The van der Waals surface area contributed by atoms with Crippen molar-refractivity contribution in [2.75, 3.05) is 17.3 Å². The molecule has 2 aromatic carbocycles. The molecule has 3 nitrogen and oxygen atoms in total. The first-order valence-electron chi connectivity index (χ1n) is 5.61. The fraction of sp³-hybridized carbons (Fsp3) is 0.0714. The molecule has 0 spiro atoms. The van der Waals surface area contributed by atoms with Gasteiger partial charge in [0.2, 0.25) is 0 Å². The van der Waals surface area contributed by atoms with Crippen molar-refractivity contribution in [3.8, 4) is 0 Å². The SMILES string of the molecule is CSc1ccccc1NC(=O)c1ccc(N)cc1Cl. The summed E-state index contributed by atoms with van der Waals surface area (Å²) in [5, 5.41) is 3.20. The number of nitrogen functional groups attached to an aromatic ring is 1. The van der Waals surface area contributed by atoms with Crippen LogP contribution in [0, 0.1) is 0 Å². The molecule has 0 aliphatic heterocycles. The number of rotatable bonds is 3. The lowest BCUT2D eigenvalue weighted by Crippen LogP contribution is -2.13. The zero-order valence-electron chi connectivity index (χ0n) is 10.3. The molecule has 3 N–H and O–H groups in total. The maximum absolute atomic E-state index is 12.2. The molecule has 1 amide bonds. The van der Waals surface area contributed by atoms with Gasteiger partial charge in [0.1, 0.15) is 0 Å². The van der Waals surface area contributed by atoms with Gasteiger partial charge in [0.05, 0.1) is 16.3 Å². The van der Waals surface area contributed by atoms with E-state index in [0.29, 0.717) is 16.3 Å². The Morgan fingerprint density at radius 3 is 2.68 bits per heavy atom. The van der Waals surface area contributed by atoms with Crippen LogP contribution in [0.3, 0.4) is 0 Å². The lowest BCUT2D eigenvalue weighted by molar-refractivity contribution is 0.102. The molecule has 0 atom stereocenters. The van der Waals surface area contributed by atoms with Crippen molar-refractivity contribution in [2.45, 2.75) is 4.90 Å². The first-order valence-corrected chi connectivity index (χ1v) is 7.21. The highest BCUT2D eigenvalue weighted by Crippen LogP contribution is 2.26. The van der Waals surface area contributed by atoms with Gasteiger partial charge in [-0.1, -0.05) is 23.7 Å². The van der Waals surface area contributed by atoms with E-state index >= 15 is 0 Å². The van der Waals surface area contributed by atoms with Gasteiger partial charge in [0, 0.05) is 10.6 Å². The summed E-state index contributed by atoms with van der Waals surface area (Å²) in [7, 11) is 0. The van der Waals surface area contributed by atoms with Gasteiger partial charge >= 0.3 is 0 Å². The largest absolute Gasteiger partial charge is 0.399 e. The predicted octanol–water partition coefficient (Wildman–Crippen LogP) is 3.90. The van der Waals surface area contributed by atoms with Crippen molar-refractivity contribution in [1.29, 1.82) is 0 Å². The first-order chi connectivity index (χ1) is 9.11. The van der Waals surface area contributed by atoms with Gasteiger partial charge in [-0.25, -0.2) is 0 Å². The van der Waals surface area contributed by atoms with Crippen LogP contribution in [-0.4, -0.2) is 12.2 Å². The van der Waals surface area contributed by atoms with Crippen LogP contribution in [-0.2, 0) is 0 Å². The Kier molecular flexibility index (Phi) is 4.35. The van der Waals surface area contributed by atoms with E-state index in [0.717, 1.165) is 10.6 Å². The van der Waals surface area contributed by atoms with Gasteiger partial charge in [-0.15, -0.1) is 11.8 Å². The summed E-state index contributed by atoms with van der Waals surface area (Å²) in [5.74, 6) is -0.244. The summed E-state index contributed by atoms with van der Waals surface area (Å²) in [4.78, 5) is 13.2. The minimum Gasteiger partial charge on any atom is -0.399 e. The van der Waals surface area contributed by atoms with Crippen molar-refractivity contribution < 1.29 is 4.79 Å². The highest BCUT2D eigenvalue weighted by atomic mass is 35.5. The fourth-order valence-corrected chi connectivity index (χ4v) is 2.48. The molecule has 0 bridgehead atoms. The van der Waals surface area contributed by atoms with E-state index in [1.54, 1.807) is 30.0 Å². The maximum Gasteiger partial charge on any atom is 0.257 e. The highest BCUT2D eigenvalue weighted by Gasteiger charge is 2.12. The molecule has 98 valence electrons. The van der Waals surface area contributed by atoms with E-state index in [-0.39, 0.29) is 5.91 Å². The quantitative estimate of drug-likeness (QED) is 0.666. The van der Waals surface area contributed by atoms with Crippen LogP contribution in [0.25, 0.3) is 0 Å². The first kappa shape index (κ1) is 13.8. The average molecular weight is 293 g/mol. The van der Waals surface area contributed by atoms with Crippen LogP contribution < -0.4 is 11.1 Å². The van der Waals surface area contributed by atoms with Gasteiger partial charge < -0.3 is 11.1 Å². The van der Waals surface area contributed by atoms with E-state index in [9.17, 15) is 4.79 Å². The molecule has 0 fully saturated rings. The topological polar surface area (TPSA) is 55.1 Å². The van der Waals surface area contributed by atoms with Crippen molar-refractivity contribution in [2.24, 2.45) is 0 Å². The Hall–Kier alpha value is -1.65. The number of thioether (sulfide) groups is 1. The zero-order chi connectivity index (χ0) is 13.8. The number of carbonyl (C=O) groups is 1. The minimum absolute atomic E-state index is 0.244. The van der Waals surface area contributed by atoms with Gasteiger partial charge in [-0.3, -0.25) is 4.79 Å². The molecule has 0 aromatic heterocycles. The molecule has 0 aliphatic carbocycles. The van der Waals surface area contributed by atoms with Gasteiger partial charge in [-0.05, 0) is 36.6 Å². The van der Waals surface area contributed by atoms with E-state index in [2.05, 4.69) is 5.32 Å². The monoisotopic (exact) mass is 292 g/mol. The van der Waals surface area contributed by atoms with Crippen LogP contribution in [0.15, 0.2) is 47.4 Å². The molecule has 2 rings (SSSR count). The molecule has 0 saturated heterocycles. The average Bonchev–Trinajstić information content (AvgIpc) is 2.39. The third kappa shape index (κ3) is 3.22. The number of anilines is 2. The lowest BCUT2D eigenvalue weighted by atomic mass is 10.2. The van der Waals surface area contributed by atoms with Crippen molar-refractivity contribution in [3.05, 3.63) is 53.1 Å². The Bertz CT molecular complexity index is 616. The smallest absolute Gasteiger partial charge is 0.257 e. The number of halogens is 1. The van der Waals surface area contributed by atoms with E-state index in [1.807, 2.05) is 30.5 Å². The Labute approximate surface area is 121 Å². The molecule has 0 saturated carbocycles. The lowest BCUT2D eigenvalue weighted by Gasteiger charge is -2.10. The van der Waals surface area contributed by atoms with Gasteiger partial charge in [0.25, 0.3) is 5.91 Å². The van der Waals surface area contributed by atoms with E-state index in [4.69, 9.17) is 17.3 Å². The minimum atomic E-state index is -0.244. The molecule has 2 aromatic rings. The van der Waals surface area contributed by atoms with Crippen molar-refractivity contribution >= 4 is 40.6 Å². The molecule has 19 heavy (non-hydrogen) atoms. The Balaban J connectivity index is 2.26.